The van der Waals surface area contributed by atoms with Crippen molar-refractivity contribution in [1.82, 2.24) is 4.90 Å². The van der Waals surface area contributed by atoms with Crippen molar-refractivity contribution in [3.05, 3.63) is 0 Å². The lowest BCUT2D eigenvalue weighted by Gasteiger charge is -2.38. The zero-order chi connectivity index (χ0) is 17.5. The van der Waals surface area contributed by atoms with Crippen LogP contribution in [0, 0.1) is 5.41 Å². The summed E-state index contributed by atoms with van der Waals surface area (Å²) in [6, 6.07) is 0. The summed E-state index contributed by atoms with van der Waals surface area (Å²) in [5.41, 5.74) is -2.59. The number of carbonyl (C=O) groups excluding carboxylic acids is 2. The van der Waals surface area contributed by atoms with Crippen molar-refractivity contribution in [2.45, 2.75) is 63.8 Å². The Kier molecular flexibility index (Phi) is 4.63. The van der Waals surface area contributed by atoms with E-state index in [0.717, 1.165) is 17.7 Å². The second-order valence-corrected chi connectivity index (χ2v) is 7.75. The highest BCUT2D eigenvalue weighted by Gasteiger charge is 2.61. The third kappa shape index (κ3) is 3.59. The molecule has 1 saturated carbocycles. The molecule has 0 aromatic heterocycles. The van der Waals surface area contributed by atoms with Crippen molar-refractivity contribution in [2.75, 3.05) is 20.3 Å². The molecule has 1 aliphatic carbocycles. The summed E-state index contributed by atoms with van der Waals surface area (Å²) in [5, 5.41) is 9.58. The molecule has 2 rings (SSSR count). The number of hydrogen-bond donors (Lipinski definition) is 1. The lowest BCUT2D eigenvalue weighted by molar-refractivity contribution is -0.155. The Labute approximate surface area is 135 Å². The highest BCUT2D eigenvalue weighted by atomic mass is 19.1. The van der Waals surface area contributed by atoms with Gasteiger partial charge in [0.25, 0.3) is 0 Å². The molecule has 1 heterocycles. The topological polar surface area (TPSA) is 76.1 Å². The van der Waals surface area contributed by atoms with E-state index in [1.807, 2.05) is 0 Å². The van der Waals surface area contributed by atoms with E-state index in [2.05, 4.69) is 0 Å². The number of likely N-dealkylation sites (tertiary alicyclic amines) is 1. The largest absolute Gasteiger partial charge is 0.467 e. The lowest BCUT2D eigenvalue weighted by atomic mass is 9.83. The number of hydrogen-bond acceptors (Lipinski definition) is 5. The van der Waals surface area contributed by atoms with Gasteiger partial charge in [-0.1, -0.05) is 0 Å². The van der Waals surface area contributed by atoms with Gasteiger partial charge in [-0.2, -0.15) is 0 Å². The first kappa shape index (κ1) is 18.0. The van der Waals surface area contributed by atoms with Crippen LogP contribution in [0.2, 0.25) is 0 Å². The number of rotatable bonds is 4. The number of aliphatic hydroxyl groups is 1. The number of methoxy groups -OCH3 is 1. The van der Waals surface area contributed by atoms with Gasteiger partial charge in [-0.05, 0) is 45.4 Å². The minimum atomic E-state index is -1.41. The van der Waals surface area contributed by atoms with Crippen LogP contribution in [-0.2, 0) is 14.3 Å². The van der Waals surface area contributed by atoms with Crippen LogP contribution >= 0.6 is 0 Å². The van der Waals surface area contributed by atoms with E-state index < -0.39 is 34.8 Å². The molecule has 0 spiro atoms. The fourth-order valence-electron chi connectivity index (χ4n) is 3.29. The molecule has 1 aliphatic heterocycles. The van der Waals surface area contributed by atoms with Crippen LogP contribution in [0.3, 0.4) is 0 Å². The summed E-state index contributed by atoms with van der Waals surface area (Å²) in [6.45, 7) is 4.84. The number of amides is 1. The molecular weight excluding hydrogens is 305 g/mol. The summed E-state index contributed by atoms with van der Waals surface area (Å²) in [5.74, 6) is -0.650. The summed E-state index contributed by atoms with van der Waals surface area (Å²) in [6.07, 6.45) is -0.473. The van der Waals surface area contributed by atoms with Crippen LogP contribution in [0.25, 0.3) is 0 Å². The lowest BCUT2D eigenvalue weighted by Crippen LogP contribution is -2.56. The van der Waals surface area contributed by atoms with Crippen LogP contribution in [0.4, 0.5) is 9.18 Å². The van der Waals surface area contributed by atoms with Gasteiger partial charge in [0, 0.05) is 13.0 Å². The highest BCUT2D eigenvalue weighted by Crippen LogP contribution is 2.54. The van der Waals surface area contributed by atoms with Gasteiger partial charge in [-0.25, -0.2) is 14.0 Å². The summed E-state index contributed by atoms with van der Waals surface area (Å²) in [4.78, 5) is 26.1. The maximum Gasteiger partial charge on any atom is 0.411 e. The molecule has 2 aliphatic rings. The standard InChI is InChI=1S/C16H26FNO5/c1-14(2,3)23-13(21)18-8-11(17)7-16(18,12(20)22-4)9-15(10-19)5-6-15/h11,19H,5-10H2,1-4H3/t11-,16+/m1/s1. The number of ether oxygens (including phenoxy) is 2. The van der Waals surface area contributed by atoms with Crippen LogP contribution in [0.5, 0.6) is 0 Å². The minimum Gasteiger partial charge on any atom is -0.467 e. The summed E-state index contributed by atoms with van der Waals surface area (Å²) < 4.78 is 24.4. The molecule has 132 valence electrons. The molecule has 23 heavy (non-hydrogen) atoms. The van der Waals surface area contributed by atoms with E-state index in [1.54, 1.807) is 20.8 Å². The highest BCUT2D eigenvalue weighted by molar-refractivity contribution is 5.87. The number of carbonyl (C=O) groups is 2. The van der Waals surface area contributed by atoms with Gasteiger partial charge in [0.2, 0.25) is 0 Å². The van der Waals surface area contributed by atoms with Crippen LogP contribution in [0.1, 0.15) is 46.5 Å². The fourth-order valence-corrected chi connectivity index (χ4v) is 3.29. The number of esters is 1. The van der Waals surface area contributed by atoms with E-state index >= 15 is 0 Å². The number of alkyl halides is 1. The predicted molar refractivity (Wildman–Crippen MR) is 80.6 cm³/mol. The van der Waals surface area contributed by atoms with Crippen molar-refractivity contribution >= 4 is 12.1 Å². The molecule has 0 unspecified atom stereocenters. The van der Waals surface area contributed by atoms with Gasteiger partial charge in [0.15, 0.2) is 0 Å². The Bertz CT molecular complexity index is 485. The Morgan fingerprint density at radius 2 is 1.96 bits per heavy atom. The molecule has 1 amide bonds. The van der Waals surface area contributed by atoms with Crippen LogP contribution in [-0.4, -0.2) is 59.6 Å². The SMILES string of the molecule is COC(=O)[C@@]1(CC2(CO)CC2)C[C@@H](F)CN1C(=O)OC(C)(C)C. The van der Waals surface area contributed by atoms with Gasteiger partial charge in [0.05, 0.1) is 13.7 Å². The Morgan fingerprint density at radius 1 is 1.35 bits per heavy atom. The third-order valence-corrected chi connectivity index (χ3v) is 4.60. The molecule has 1 saturated heterocycles. The third-order valence-electron chi connectivity index (χ3n) is 4.60. The van der Waals surface area contributed by atoms with E-state index in [4.69, 9.17) is 9.47 Å². The number of aliphatic hydroxyl groups excluding tert-OH is 1. The Morgan fingerprint density at radius 3 is 2.39 bits per heavy atom. The van der Waals surface area contributed by atoms with E-state index in [-0.39, 0.29) is 26.0 Å². The first-order valence-corrected chi connectivity index (χ1v) is 7.91. The van der Waals surface area contributed by atoms with Crippen molar-refractivity contribution < 1.29 is 28.6 Å². The average molecular weight is 331 g/mol. The van der Waals surface area contributed by atoms with Crippen LogP contribution in [0.15, 0.2) is 0 Å². The molecule has 0 bridgehead atoms. The van der Waals surface area contributed by atoms with Crippen molar-refractivity contribution in [1.29, 1.82) is 0 Å². The zero-order valence-corrected chi connectivity index (χ0v) is 14.2. The van der Waals surface area contributed by atoms with Crippen molar-refractivity contribution in [2.24, 2.45) is 5.41 Å². The maximum absolute atomic E-state index is 14.1. The van der Waals surface area contributed by atoms with E-state index in [0.29, 0.717) is 0 Å². The normalized spacial score (nSPS) is 29.3. The first-order valence-electron chi connectivity index (χ1n) is 7.91. The first-order chi connectivity index (χ1) is 10.6. The second kappa shape index (κ2) is 5.92. The number of halogens is 1. The molecule has 0 aromatic carbocycles. The number of nitrogens with zero attached hydrogens (tertiary/aromatic N) is 1. The molecule has 1 N–H and O–H groups in total. The molecule has 7 heteroatoms. The summed E-state index contributed by atoms with van der Waals surface area (Å²) >= 11 is 0. The molecular formula is C16H26FNO5. The fraction of sp³-hybridized carbons (Fsp3) is 0.875. The van der Waals surface area contributed by atoms with Gasteiger partial charge < -0.3 is 14.6 Å². The molecule has 6 nitrogen and oxygen atoms in total. The van der Waals surface area contributed by atoms with Crippen LogP contribution < -0.4 is 0 Å². The van der Waals surface area contributed by atoms with Gasteiger partial charge in [-0.15, -0.1) is 0 Å². The van der Waals surface area contributed by atoms with Gasteiger partial charge in [-0.3, -0.25) is 4.90 Å². The predicted octanol–water partition coefficient (Wildman–Crippen LogP) is 2.04. The molecule has 0 aromatic rings. The van der Waals surface area contributed by atoms with Gasteiger partial charge in [0.1, 0.15) is 17.3 Å². The van der Waals surface area contributed by atoms with E-state index in [1.165, 1.54) is 7.11 Å². The monoisotopic (exact) mass is 331 g/mol. The minimum absolute atomic E-state index is 0.0924. The zero-order valence-electron chi connectivity index (χ0n) is 14.2. The molecule has 2 fully saturated rings. The second-order valence-electron chi connectivity index (χ2n) is 7.75. The maximum atomic E-state index is 14.1. The van der Waals surface area contributed by atoms with Crippen molar-refractivity contribution in [3.63, 3.8) is 0 Å². The quantitative estimate of drug-likeness (QED) is 0.798. The Hall–Kier alpha value is -1.37. The van der Waals surface area contributed by atoms with E-state index in [9.17, 15) is 19.1 Å². The molecule has 0 radical (unpaired) electrons. The van der Waals surface area contributed by atoms with Crippen molar-refractivity contribution in [3.8, 4) is 0 Å². The average Bonchev–Trinajstić information content (AvgIpc) is 3.13. The Balaban J connectivity index is 2.32. The summed E-state index contributed by atoms with van der Waals surface area (Å²) in [7, 11) is 1.22. The smallest absolute Gasteiger partial charge is 0.411 e. The molecule has 2 atom stereocenters. The van der Waals surface area contributed by atoms with Gasteiger partial charge >= 0.3 is 12.1 Å².